The van der Waals surface area contributed by atoms with Gasteiger partial charge in [-0.25, -0.2) is 9.78 Å². The molecule has 1 fully saturated rings. The summed E-state index contributed by atoms with van der Waals surface area (Å²) < 4.78 is 44.5. The third-order valence-corrected chi connectivity index (χ3v) is 3.87. The minimum atomic E-state index is -4.41. The van der Waals surface area contributed by atoms with Crippen LogP contribution in [0.1, 0.15) is 40.3 Å². The van der Waals surface area contributed by atoms with Crippen molar-refractivity contribution >= 4 is 5.97 Å². The lowest BCUT2D eigenvalue weighted by molar-refractivity contribution is -0.138. The summed E-state index contributed by atoms with van der Waals surface area (Å²) >= 11 is 0. The van der Waals surface area contributed by atoms with Gasteiger partial charge in [-0.1, -0.05) is 18.2 Å². The Morgan fingerprint density at radius 3 is 2.58 bits per heavy atom. The fraction of sp³-hybridized carbons (Fsp3) is 0.375. The van der Waals surface area contributed by atoms with Gasteiger partial charge in [0.15, 0.2) is 5.69 Å². The van der Waals surface area contributed by atoms with Gasteiger partial charge in [0.2, 0.25) is 5.89 Å². The SMILES string of the molecule is O=C(O)c1coc(CN(Cc2ccccc2C(F)(F)F)C2CC2)n1. The van der Waals surface area contributed by atoms with Crippen molar-refractivity contribution in [3.8, 4) is 0 Å². The molecule has 1 aliphatic carbocycles. The first kappa shape index (κ1) is 16.5. The Morgan fingerprint density at radius 2 is 2.00 bits per heavy atom. The van der Waals surface area contributed by atoms with Crippen LogP contribution in [-0.2, 0) is 19.3 Å². The molecule has 0 aliphatic heterocycles. The van der Waals surface area contributed by atoms with Gasteiger partial charge in [-0.3, -0.25) is 4.90 Å². The van der Waals surface area contributed by atoms with Gasteiger partial charge < -0.3 is 9.52 Å². The van der Waals surface area contributed by atoms with E-state index in [0.717, 1.165) is 25.2 Å². The lowest BCUT2D eigenvalue weighted by Crippen LogP contribution is -2.26. The van der Waals surface area contributed by atoms with Gasteiger partial charge in [-0.05, 0) is 24.5 Å². The highest BCUT2D eigenvalue weighted by Crippen LogP contribution is 2.35. The number of carboxylic acids is 1. The first-order valence-electron chi connectivity index (χ1n) is 7.41. The van der Waals surface area contributed by atoms with Crippen LogP contribution in [0.4, 0.5) is 13.2 Å². The van der Waals surface area contributed by atoms with Crippen LogP contribution >= 0.6 is 0 Å². The zero-order chi connectivity index (χ0) is 17.3. The van der Waals surface area contributed by atoms with E-state index in [1.165, 1.54) is 12.1 Å². The number of carboxylic acid groups (broad SMARTS) is 1. The first-order chi connectivity index (χ1) is 11.3. The number of halogens is 3. The Morgan fingerprint density at radius 1 is 1.29 bits per heavy atom. The standard InChI is InChI=1S/C16H15F3N2O3/c17-16(18,19)12-4-2-1-3-10(12)7-21(11-5-6-11)8-14-20-13(9-24-14)15(22)23/h1-4,9,11H,5-8H2,(H,22,23). The molecule has 0 amide bonds. The maximum Gasteiger partial charge on any atom is 0.416 e. The molecule has 1 aliphatic rings. The number of benzene rings is 1. The zero-order valence-electron chi connectivity index (χ0n) is 12.6. The molecule has 2 aromatic rings. The first-order valence-corrected chi connectivity index (χ1v) is 7.41. The van der Waals surface area contributed by atoms with Crippen molar-refractivity contribution in [1.29, 1.82) is 0 Å². The fourth-order valence-electron chi connectivity index (χ4n) is 2.56. The number of aromatic nitrogens is 1. The molecule has 1 N–H and O–H groups in total. The van der Waals surface area contributed by atoms with E-state index in [0.29, 0.717) is 0 Å². The highest BCUT2D eigenvalue weighted by Gasteiger charge is 2.35. The molecule has 3 rings (SSSR count). The summed E-state index contributed by atoms with van der Waals surface area (Å²) in [6.45, 7) is 0.273. The molecule has 0 bridgehead atoms. The molecule has 128 valence electrons. The van der Waals surface area contributed by atoms with Gasteiger partial charge in [-0.15, -0.1) is 0 Å². The summed E-state index contributed by atoms with van der Waals surface area (Å²) in [5.74, 6) is -1.02. The summed E-state index contributed by atoms with van der Waals surface area (Å²) in [5, 5.41) is 8.85. The summed E-state index contributed by atoms with van der Waals surface area (Å²) in [7, 11) is 0. The molecule has 8 heteroatoms. The highest BCUT2D eigenvalue weighted by atomic mass is 19.4. The highest BCUT2D eigenvalue weighted by molar-refractivity contribution is 5.84. The smallest absolute Gasteiger partial charge is 0.416 e. The van der Waals surface area contributed by atoms with Gasteiger partial charge in [-0.2, -0.15) is 13.2 Å². The predicted molar refractivity (Wildman–Crippen MR) is 77.2 cm³/mol. The van der Waals surface area contributed by atoms with Crippen LogP contribution in [0.3, 0.4) is 0 Å². The van der Waals surface area contributed by atoms with Gasteiger partial charge in [0.25, 0.3) is 0 Å². The fourth-order valence-corrected chi connectivity index (χ4v) is 2.56. The molecule has 1 aromatic carbocycles. The predicted octanol–water partition coefficient (Wildman–Crippen LogP) is 3.56. The molecule has 0 unspecified atom stereocenters. The molecule has 0 saturated heterocycles. The number of aromatic carboxylic acids is 1. The van der Waals surface area contributed by atoms with Crippen molar-refractivity contribution in [2.75, 3.05) is 0 Å². The second-order valence-electron chi connectivity index (χ2n) is 5.72. The number of oxazole rings is 1. The quantitative estimate of drug-likeness (QED) is 0.871. The average Bonchev–Trinajstić information content (AvgIpc) is 3.25. The van der Waals surface area contributed by atoms with Crippen LogP contribution in [-0.4, -0.2) is 27.0 Å². The van der Waals surface area contributed by atoms with Crippen molar-refractivity contribution in [1.82, 2.24) is 9.88 Å². The maximum absolute atomic E-state index is 13.1. The topological polar surface area (TPSA) is 66.6 Å². The number of hydrogen-bond acceptors (Lipinski definition) is 4. The van der Waals surface area contributed by atoms with E-state index in [9.17, 15) is 18.0 Å². The van der Waals surface area contributed by atoms with Crippen LogP contribution in [0, 0.1) is 0 Å². The van der Waals surface area contributed by atoms with Crippen LogP contribution in [0.5, 0.6) is 0 Å². The molecule has 0 atom stereocenters. The largest absolute Gasteiger partial charge is 0.476 e. The second kappa shape index (κ2) is 6.27. The number of alkyl halides is 3. The van der Waals surface area contributed by atoms with Crippen molar-refractivity contribution in [3.63, 3.8) is 0 Å². The molecule has 1 aromatic heterocycles. The van der Waals surface area contributed by atoms with Gasteiger partial charge >= 0.3 is 12.1 Å². The lowest BCUT2D eigenvalue weighted by Gasteiger charge is -2.22. The van der Waals surface area contributed by atoms with Crippen LogP contribution in [0.25, 0.3) is 0 Å². The van der Waals surface area contributed by atoms with E-state index < -0.39 is 17.7 Å². The summed E-state index contributed by atoms with van der Waals surface area (Å²) in [5.41, 5.74) is -0.687. The number of carbonyl (C=O) groups is 1. The Bertz CT molecular complexity index is 738. The third kappa shape index (κ3) is 3.76. The second-order valence-corrected chi connectivity index (χ2v) is 5.72. The van der Waals surface area contributed by atoms with E-state index in [-0.39, 0.29) is 36.3 Å². The Kier molecular flexibility index (Phi) is 4.31. The van der Waals surface area contributed by atoms with E-state index in [1.807, 2.05) is 4.90 Å². The molecule has 1 saturated carbocycles. The van der Waals surface area contributed by atoms with E-state index in [2.05, 4.69) is 4.98 Å². The van der Waals surface area contributed by atoms with Crippen molar-refractivity contribution in [3.05, 3.63) is 53.2 Å². The maximum atomic E-state index is 13.1. The Balaban J connectivity index is 1.79. The summed E-state index contributed by atoms with van der Waals surface area (Å²) in [6, 6.07) is 5.61. The summed E-state index contributed by atoms with van der Waals surface area (Å²) in [6.07, 6.45) is -1.60. The molecule has 0 radical (unpaired) electrons. The van der Waals surface area contributed by atoms with Crippen molar-refractivity contribution in [2.24, 2.45) is 0 Å². The number of hydrogen-bond donors (Lipinski definition) is 1. The Hall–Kier alpha value is -2.35. The van der Waals surface area contributed by atoms with Gasteiger partial charge in [0.05, 0.1) is 12.1 Å². The van der Waals surface area contributed by atoms with E-state index >= 15 is 0 Å². The van der Waals surface area contributed by atoms with Gasteiger partial charge in [0.1, 0.15) is 6.26 Å². The third-order valence-electron chi connectivity index (χ3n) is 3.87. The lowest BCUT2D eigenvalue weighted by atomic mass is 10.1. The monoisotopic (exact) mass is 340 g/mol. The van der Waals surface area contributed by atoms with Crippen LogP contribution < -0.4 is 0 Å². The van der Waals surface area contributed by atoms with Crippen LogP contribution in [0.2, 0.25) is 0 Å². The zero-order valence-corrected chi connectivity index (χ0v) is 12.6. The molecular formula is C16H15F3N2O3. The Labute approximate surface area is 135 Å². The molecular weight excluding hydrogens is 325 g/mol. The number of nitrogens with zero attached hydrogens (tertiary/aromatic N) is 2. The van der Waals surface area contributed by atoms with Crippen molar-refractivity contribution < 1.29 is 27.5 Å². The number of rotatable bonds is 6. The molecule has 5 nitrogen and oxygen atoms in total. The molecule has 0 spiro atoms. The minimum absolute atomic E-state index is 0.102. The summed E-state index contributed by atoms with van der Waals surface area (Å²) in [4.78, 5) is 16.5. The molecule has 1 heterocycles. The van der Waals surface area contributed by atoms with Crippen LogP contribution in [0.15, 0.2) is 34.9 Å². The normalized spacial score (nSPS) is 15.0. The van der Waals surface area contributed by atoms with Crippen molar-refractivity contribution in [2.45, 2.75) is 38.1 Å². The van der Waals surface area contributed by atoms with E-state index in [4.69, 9.17) is 9.52 Å². The molecule has 24 heavy (non-hydrogen) atoms. The van der Waals surface area contributed by atoms with E-state index in [1.54, 1.807) is 6.07 Å². The average molecular weight is 340 g/mol. The minimum Gasteiger partial charge on any atom is -0.476 e. The van der Waals surface area contributed by atoms with Gasteiger partial charge in [0, 0.05) is 12.6 Å².